The molecular formula is C26H29F7O. The fourth-order valence-corrected chi connectivity index (χ4v) is 4.62. The first-order valence-electron chi connectivity index (χ1n) is 11.7. The third-order valence-electron chi connectivity index (χ3n) is 6.61. The van der Waals surface area contributed by atoms with Gasteiger partial charge in [0.15, 0.2) is 0 Å². The van der Waals surface area contributed by atoms with E-state index in [-0.39, 0.29) is 12.1 Å². The van der Waals surface area contributed by atoms with Crippen LogP contribution in [-0.4, -0.2) is 0 Å². The summed E-state index contributed by atoms with van der Waals surface area (Å²) in [7, 11) is 0. The van der Waals surface area contributed by atoms with Gasteiger partial charge in [-0.1, -0.05) is 64.0 Å². The molecule has 1 saturated carbocycles. The van der Waals surface area contributed by atoms with E-state index in [2.05, 4.69) is 11.7 Å². The van der Waals surface area contributed by atoms with Crippen molar-refractivity contribution in [3.05, 3.63) is 64.7 Å². The normalized spacial score (nSPS) is 19.3. The van der Waals surface area contributed by atoms with Crippen LogP contribution in [0.4, 0.5) is 30.7 Å². The summed E-state index contributed by atoms with van der Waals surface area (Å²) in [6.45, 7) is 2.20. The SMILES string of the molecule is CCCC[C@H]1CC[C@H](CCc2ccc(C(F)(F)Oc3cc(F)c(C(F)(F)F)c(F)c3)cc2)CC1. The molecule has 0 heterocycles. The first-order valence-corrected chi connectivity index (χ1v) is 11.7. The number of alkyl halides is 5. The van der Waals surface area contributed by atoms with E-state index in [9.17, 15) is 30.7 Å². The molecule has 0 unspecified atom stereocenters. The Kier molecular flexibility index (Phi) is 8.52. The summed E-state index contributed by atoms with van der Waals surface area (Å²) >= 11 is 0. The predicted molar refractivity (Wildman–Crippen MR) is 116 cm³/mol. The molecule has 34 heavy (non-hydrogen) atoms. The maximum Gasteiger partial charge on any atom is 0.426 e. The van der Waals surface area contributed by atoms with Gasteiger partial charge in [0.25, 0.3) is 0 Å². The molecule has 8 heteroatoms. The summed E-state index contributed by atoms with van der Waals surface area (Å²) in [6, 6.07) is 5.62. The average Bonchev–Trinajstić information content (AvgIpc) is 2.75. The van der Waals surface area contributed by atoms with Crippen LogP contribution in [0.15, 0.2) is 36.4 Å². The molecular weight excluding hydrogens is 461 g/mol. The highest BCUT2D eigenvalue weighted by molar-refractivity contribution is 5.33. The largest absolute Gasteiger partial charge is 0.429 e. The minimum absolute atomic E-state index is 0.102. The number of aryl methyl sites for hydroxylation is 1. The molecule has 0 amide bonds. The summed E-state index contributed by atoms with van der Waals surface area (Å²) in [6.07, 6.45) is 1.15. The third-order valence-corrected chi connectivity index (χ3v) is 6.61. The molecule has 1 fully saturated rings. The van der Waals surface area contributed by atoms with Crippen LogP contribution in [0, 0.1) is 23.5 Å². The Balaban J connectivity index is 1.57. The number of rotatable bonds is 9. The first-order chi connectivity index (χ1) is 16.0. The van der Waals surface area contributed by atoms with E-state index in [1.807, 2.05) is 0 Å². The molecule has 0 aliphatic heterocycles. The Morgan fingerprint density at radius 3 is 1.85 bits per heavy atom. The number of halogens is 7. The smallest absolute Gasteiger partial charge is 0.426 e. The first kappa shape index (κ1) is 26.4. The Bertz CT molecular complexity index is 906. The highest BCUT2D eigenvalue weighted by Crippen LogP contribution is 2.38. The van der Waals surface area contributed by atoms with Crippen molar-refractivity contribution in [2.75, 3.05) is 0 Å². The molecule has 0 spiro atoms. The lowest BCUT2D eigenvalue weighted by Crippen LogP contribution is -2.22. The summed E-state index contributed by atoms with van der Waals surface area (Å²) in [5.41, 5.74) is -1.82. The monoisotopic (exact) mass is 490 g/mol. The number of hydrogen-bond donors (Lipinski definition) is 0. The minimum Gasteiger partial charge on any atom is -0.429 e. The fourth-order valence-electron chi connectivity index (χ4n) is 4.62. The van der Waals surface area contributed by atoms with Crippen LogP contribution in [0.3, 0.4) is 0 Å². The molecule has 0 aromatic heterocycles. The van der Waals surface area contributed by atoms with Gasteiger partial charge in [-0.2, -0.15) is 22.0 Å². The van der Waals surface area contributed by atoms with Gasteiger partial charge in [0.05, 0.1) is 5.56 Å². The van der Waals surface area contributed by atoms with Crippen molar-refractivity contribution in [1.29, 1.82) is 0 Å². The Morgan fingerprint density at radius 2 is 1.35 bits per heavy atom. The maximum atomic E-state index is 14.5. The van der Waals surface area contributed by atoms with Crippen LogP contribution in [0.5, 0.6) is 5.75 Å². The second kappa shape index (κ2) is 11.0. The molecule has 3 rings (SSSR count). The molecule has 2 aromatic carbocycles. The second-order valence-corrected chi connectivity index (χ2v) is 9.14. The van der Waals surface area contributed by atoms with Gasteiger partial charge in [0.1, 0.15) is 22.9 Å². The minimum atomic E-state index is -5.29. The Labute approximate surface area is 195 Å². The molecule has 2 aromatic rings. The zero-order chi connectivity index (χ0) is 24.9. The molecule has 1 aliphatic carbocycles. The molecule has 0 atom stereocenters. The third kappa shape index (κ3) is 6.89. The van der Waals surface area contributed by atoms with Gasteiger partial charge < -0.3 is 4.74 Å². The van der Waals surface area contributed by atoms with Gasteiger partial charge in [0.2, 0.25) is 0 Å². The van der Waals surface area contributed by atoms with Crippen LogP contribution in [0.1, 0.15) is 75.0 Å². The van der Waals surface area contributed by atoms with Gasteiger partial charge in [-0.05, 0) is 42.4 Å². The number of benzene rings is 2. The van der Waals surface area contributed by atoms with E-state index >= 15 is 0 Å². The van der Waals surface area contributed by atoms with Crippen LogP contribution in [-0.2, 0) is 18.7 Å². The van der Waals surface area contributed by atoms with Crippen molar-refractivity contribution in [1.82, 2.24) is 0 Å². The summed E-state index contributed by atoms with van der Waals surface area (Å²) in [5, 5.41) is 0. The van der Waals surface area contributed by atoms with E-state index in [4.69, 9.17) is 0 Å². The predicted octanol–water partition coefficient (Wildman–Crippen LogP) is 9.04. The van der Waals surface area contributed by atoms with Gasteiger partial charge in [0, 0.05) is 12.1 Å². The van der Waals surface area contributed by atoms with Crippen molar-refractivity contribution < 1.29 is 35.5 Å². The average molecular weight is 491 g/mol. The summed E-state index contributed by atoms with van der Waals surface area (Å²) < 4.78 is 98.6. The van der Waals surface area contributed by atoms with Crippen molar-refractivity contribution in [2.24, 2.45) is 11.8 Å². The zero-order valence-electron chi connectivity index (χ0n) is 19.0. The van der Waals surface area contributed by atoms with Crippen molar-refractivity contribution in [3.8, 4) is 5.75 Å². The lowest BCUT2D eigenvalue weighted by atomic mass is 9.78. The molecule has 0 radical (unpaired) electrons. The summed E-state index contributed by atoms with van der Waals surface area (Å²) in [4.78, 5) is 0. The standard InChI is InChI=1S/C26H29F7O/c1-2-3-4-17-5-7-18(8-6-17)9-10-19-11-13-20(14-12-19)26(32,33)34-21-15-22(27)24(23(28)16-21)25(29,30)31/h11-18H,2-10H2,1H3/t17-,18-. The van der Waals surface area contributed by atoms with Crippen molar-refractivity contribution >= 4 is 0 Å². The van der Waals surface area contributed by atoms with E-state index in [1.54, 1.807) is 12.1 Å². The second-order valence-electron chi connectivity index (χ2n) is 9.14. The lowest BCUT2D eigenvalue weighted by Gasteiger charge is -2.28. The number of hydrogen-bond acceptors (Lipinski definition) is 1. The van der Waals surface area contributed by atoms with Crippen molar-refractivity contribution in [2.45, 2.75) is 77.0 Å². The van der Waals surface area contributed by atoms with E-state index in [1.165, 1.54) is 44.9 Å². The fraction of sp³-hybridized carbons (Fsp3) is 0.538. The topological polar surface area (TPSA) is 9.23 Å². The number of ether oxygens (including phenoxy) is 1. The zero-order valence-corrected chi connectivity index (χ0v) is 19.0. The maximum absolute atomic E-state index is 14.5. The number of unbranched alkanes of at least 4 members (excludes halogenated alkanes) is 1. The molecule has 188 valence electrons. The molecule has 0 bridgehead atoms. The molecule has 0 saturated heterocycles. The quantitative estimate of drug-likeness (QED) is 0.319. The van der Waals surface area contributed by atoms with Crippen LogP contribution >= 0.6 is 0 Å². The Hall–Kier alpha value is -2.25. The van der Waals surface area contributed by atoms with Crippen LogP contribution in [0.25, 0.3) is 0 Å². The van der Waals surface area contributed by atoms with E-state index in [0.29, 0.717) is 5.92 Å². The van der Waals surface area contributed by atoms with Gasteiger partial charge in [-0.25, -0.2) is 8.78 Å². The van der Waals surface area contributed by atoms with Gasteiger partial charge in [-0.3, -0.25) is 0 Å². The Morgan fingerprint density at radius 1 is 0.824 bits per heavy atom. The molecule has 0 N–H and O–H groups in total. The van der Waals surface area contributed by atoms with Gasteiger partial charge >= 0.3 is 12.3 Å². The van der Waals surface area contributed by atoms with Gasteiger partial charge in [-0.15, -0.1) is 0 Å². The van der Waals surface area contributed by atoms with Crippen molar-refractivity contribution in [3.63, 3.8) is 0 Å². The molecule has 1 aliphatic rings. The van der Waals surface area contributed by atoms with Crippen LogP contribution in [0.2, 0.25) is 0 Å². The van der Waals surface area contributed by atoms with E-state index < -0.39 is 40.8 Å². The van der Waals surface area contributed by atoms with E-state index in [0.717, 1.165) is 36.5 Å². The lowest BCUT2D eigenvalue weighted by molar-refractivity contribution is -0.185. The molecule has 1 nitrogen and oxygen atoms in total. The highest BCUT2D eigenvalue weighted by atomic mass is 19.4. The highest BCUT2D eigenvalue weighted by Gasteiger charge is 2.40. The summed E-state index contributed by atoms with van der Waals surface area (Å²) in [5.74, 6) is -3.62. The van der Waals surface area contributed by atoms with Crippen LogP contribution < -0.4 is 4.74 Å².